The molecule has 0 aromatic heterocycles. The van der Waals surface area contributed by atoms with E-state index in [4.69, 9.17) is 4.74 Å². The minimum absolute atomic E-state index is 0.130. The second kappa shape index (κ2) is 3.94. The van der Waals surface area contributed by atoms with Crippen LogP contribution >= 0.6 is 0 Å². The number of rotatable bonds is 1. The molecule has 0 fully saturated rings. The van der Waals surface area contributed by atoms with E-state index in [2.05, 4.69) is 5.32 Å². The van der Waals surface area contributed by atoms with Gasteiger partial charge in [-0.25, -0.2) is 0 Å². The summed E-state index contributed by atoms with van der Waals surface area (Å²) in [7, 11) is 0. The fraction of sp³-hybridized carbons (Fsp3) is 0.0714. The van der Waals surface area contributed by atoms with Crippen LogP contribution < -0.4 is 10.1 Å². The third-order valence-electron chi connectivity index (χ3n) is 2.73. The first-order valence-electron chi connectivity index (χ1n) is 5.46. The van der Waals surface area contributed by atoms with E-state index in [1.165, 1.54) is 0 Å². The van der Waals surface area contributed by atoms with Gasteiger partial charge in [0.1, 0.15) is 5.75 Å². The molecular formula is C14H11NO2. The van der Waals surface area contributed by atoms with Crippen molar-refractivity contribution in [2.75, 3.05) is 5.32 Å². The number of carbonyl (C=O) groups excluding carboxylic acids is 1. The average molecular weight is 225 g/mol. The maximum atomic E-state index is 11.9. The number of ether oxygens (including phenoxy) is 1. The Kier molecular flexibility index (Phi) is 2.29. The summed E-state index contributed by atoms with van der Waals surface area (Å²) < 4.78 is 5.72. The van der Waals surface area contributed by atoms with Crippen molar-refractivity contribution in [3.05, 3.63) is 60.2 Å². The number of para-hydroxylation sites is 2. The number of fused-ring (bicyclic) bond motifs is 1. The van der Waals surface area contributed by atoms with Crippen molar-refractivity contribution in [2.45, 2.75) is 6.10 Å². The molecule has 3 rings (SSSR count). The first-order chi connectivity index (χ1) is 8.34. The van der Waals surface area contributed by atoms with Crippen molar-refractivity contribution in [1.82, 2.24) is 0 Å². The first kappa shape index (κ1) is 9.90. The number of amides is 1. The van der Waals surface area contributed by atoms with E-state index in [9.17, 15) is 4.79 Å². The standard InChI is InChI=1S/C14H11NO2/c16-14-13(10-6-2-1-3-7-10)17-12-9-5-4-8-11(12)15-14/h1-9,13H,(H,15,16)/t13-/m0/s1. The number of benzene rings is 2. The van der Waals surface area contributed by atoms with Crippen molar-refractivity contribution < 1.29 is 9.53 Å². The van der Waals surface area contributed by atoms with Gasteiger partial charge in [0, 0.05) is 5.56 Å². The Morgan fingerprint density at radius 1 is 0.941 bits per heavy atom. The molecule has 2 aromatic rings. The highest BCUT2D eigenvalue weighted by atomic mass is 16.5. The molecule has 17 heavy (non-hydrogen) atoms. The lowest BCUT2D eigenvalue weighted by atomic mass is 10.1. The summed E-state index contributed by atoms with van der Waals surface area (Å²) in [6, 6.07) is 16.9. The van der Waals surface area contributed by atoms with E-state index in [0.29, 0.717) is 5.75 Å². The highest BCUT2D eigenvalue weighted by Crippen LogP contribution is 2.34. The quantitative estimate of drug-likeness (QED) is 0.810. The Hall–Kier alpha value is -2.29. The van der Waals surface area contributed by atoms with Crippen molar-refractivity contribution in [3.8, 4) is 5.75 Å². The monoisotopic (exact) mass is 225 g/mol. The van der Waals surface area contributed by atoms with Gasteiger partial charge in [-0.15, -0.1) is 0 Å². The normalized spacial score (nSPS) is 17.9. The number of anilines is 1. The zero-order valence-electron chi connectivity index (χ0n) is 9.09. The zero-order valence-corrected chi connectivity index (χ0v) is 9.09. The molecule has 0 bridgehead atoms. The molecule has 0 saturated heterocycles. The van der Waals surface area contributed by atoms with E-state index in [0.717, 1.165) is 11.3 Å². The van der Waals surface area contributed by atoms with Gasteiger partial charge in [0.05, 0.1) is 5.69 Å². The molecule has 0 saturated carbocycles. The van der Waals surface area contributed by atoms with E-state index in [-0.39, 0.29) is 5.91 Å². The van der Waals surface area contributed by atoms with Crippen LogP contribution in [0, 0.1) is 0 Å². The lowest BCUT2D eigenvalue weighted by molar-refractivity contribution is -0.123. The Labute approximate surface area is 99.0 Å². The van der Waals surface area contributed by atoms with Gasteiger partial charge in [0.2, 0.25) is 6.10 Å². The Balaban J connectivity index is 1.98. The number of hydrogen-bond acceptors (Lipinski definition) is 2. The molecule has 1 aliphatic rings. The fourth-order valence-corrected chi connectivity index (χ4v) is 1.90. The van der Waals surface area contributed by atoms with Crippen LogP contribution in [0.25, 0.3) is 0 Å². The number of carbonyl (C=O) groups is 1. The molecule has 3 heteroatoms. The average Bonchev–Trinajstić information content (AvgIpc) is 2.39. The van der Waals surface area contributed by atoms with Crippen LogP contribution in [0.5, 0.6) is 5.75 Å². The predicted octanol–water partition coefficient (Wildman–Crippen LogP) is 2.76. The summed E-state index contributed by atoms with van der Waals surface area (Å²) in [5.41, 5.74) is 1.59. The molecule has 0 spiro atoms. The molecule has 1 atom stereocenters. The number of hydrogen-bond donors (Lipinski definition) is 1. The van der Waals surface area contributed by atoms with Gasteiger partial charge in [-0.05, 0) is 12.1 Å². The zero-order chi connectivity index (χ0) is 11.7. The summed E-state index contributed by atoms with van der Waals surface area (Å²) in [4.78, 5) is 11.9. The Bertz CT molecular complexity index is 551. The largest absolute Gasteiger partial charge is 0.474 e. The third-order valence-corrected chi connectivity index (χ3v) is 2.73. The molecule has 1 aliphatic heterocycles. The molecular weight excluding hydrogens is 214 g/mol. The van der Waals surface area contributed by atoms with Crippen molar-refractivity contribution >= 4 is 11.6 Å². The van der Waals surface area contributed by atoms with Crippen LogP contribution in [0.2, 0.25) is 0 Å². The summed E-state index contributed by atoms with van der Waals surface area (Å²) in [5, 5.41) is 2.84. The van der Waals surface area contributed by atoms with Crippen LogP contribution in [0.15, 0.2) is 54.6 Å². The molecule has 3 nitrogen and oxygen atoms in total. The van der Waals surface area contributed by atoms with E-state index in [1.807, 2.05) is 54.6 Å². The van der Waals surface area contributed by atoms with Gasteiger partial charge >= 0.3 is 0 Å². The maximum absolute atomic E-state index is 11.9. The summed E-state index contributed by atoms with van der Waals surface area (Å²) >= 11 is 0. The molecule has 1 N–H and O–H groups in total. The van der Waals surface area contributed by atoms with Crippen LogP contribution in [-0.4, -0.2) is 5.91 Å². The Morgan fingerprint density at radius 3 is 2.47 bits per heavy atom. The fourth-order valence-electron chi connectivity index (χ4n) is 1.90. The molecule has 0 aliphatic carbocycles. The predicted molar refractivity (Wildman–Crippen MR) is 64.9 cm³/mol. The third kappa shape index (κ3) is 1.76. The summed E-state index contributed by atoms with van der Waals surface area (Å²) in [6.45, 7) is 0. The number of nitrogens with one attached hydrogen (secondary N) is 1. The van der Waals surface area contributed by atoms with Gasteiger partial charge < -0.3 is 10.1 Å². The van der Waals surface area contributed by atoms with Gasteiger partial charge in [0.15, 0.2) is 0 Å². The van der Waals surface area contributed by atoms with E-state index in [1.54, 1.807) is 0 Å². The van der Waals surface area contributed by atoms with Crippen molar-refractivity contribution in [2.24, 2.45) is 0 Å². The van der Waals surface area contributed by atoms with Gasteiger partial charge in [-0.2, -0.15) is 0 Å². The first-order valence-corrected chi connectivity index (χ1v) is 5.46. The lowest BCUT2D eigenvalue weighted by Crippen LogP contribution is -2.29. The molecule has 2 aromatic carbocycles. The van der Waals surface area contributed by atoms with E-state index < -0.39 is 6.10 Å². The highest BCUT2D eigenvalue weighted by molar-refractivity contribution is 5.98. The maximum Gasteiger partial charge on any atom is 0.270 e. The minimum atomic E-state index is -0.564. The molecule has 84 valence electrons. The minimum Gasteiger partial charge on any atom is -0.474 e. The van der Waals surface area contributed by atoms with Gasteiger partial charge in [0.25, 0.3) is 5.91 Å². The van der Waals surface area contributed by atoms with Crippen LogP contribution in [0.4, 0.5) is 5.69 Å². The van der Waals surface area contributed by atoms with Crippen LogP contribution in [0.3, 0.4) is 0 Å². The van der Waals surface area contributed by atoms with Crippen molar-refractivity contribution in [1.29, 1.82) is 0 Å². The summed E-state index contributed by atoms with van der Waals surface area (Å²) in [6.07, 6.45) is -0.564. The second-order valence-corrected chi connectivity index (χ2v) is 3.89. The van der Waals surface area contributed by atoms with Crippen LogP contribution in [0.1, 0.15) is 11.7 Å². The Morgan fingerprint density at radius 2 is 1.65 bits per heavy atom. The molecule has 1 amide bonds. The van der Waals surface area contributed by atoms with E-state index >= 15 is 0 Å². The smallest absolute Gasteiger partial charge is 0.270 e. The molecule has 0 radical (unpaired) electrons. The lowest BCUT2D eigenvalue weighted by Gasteiger charge is -2.25. The molecule has 1 heterocycles. The van der Waals surface area contributed by atoms with Crippen molar-refractivity contribution in [3.63, 3.8) is 0 Å². The second-order valence-electron chi connectivity index (χ2n) is 3.89. The highest BCUT2D eigenvalue weighted by Gasteiger charge is 2.28. The SMILES string of the molecule is O=C1Nc2ccccc2O[C@H]1c1ccccc1. The van der Waals surface area contributed by atoms with Crippen LogP contribution in [-0.2, 0) is 4.79 Å². The molecule has 0 unspecified atom stereocenters. The van der Waals surface area contributed by atoms with Gasteiger partial charge in [-0.3, -0.25) is 4.79 Å². The van der Waals surface area contributed by atoms with Gasteiger partial charge in [-0.1, -0.05) is 42.5 Å². The topological polar surface area (TPSA) is 38.3 Å². The summed E-state index contributed by atoms with van der Waals surface area (Å²) in [5.74, 6) is 0.579.